The van der Waals surface area contributed by atoms with E-state index in [0.29, 0.717) is 24.0 Å². The molecule has 1 fully saturated rings. The predicted octanol–water partition coefficient (Wildman–Crippen LogP) is 4.95. The number of thiophene rings is 1. The molecular weight excluding hydrogens is 396 g/mol. The Labute approximate surface area is 181 Å². The Bertz CT molecular complexity index is 1040. The predicted molar refractivity (Wildman–Crippen MR) is 123 cm³/mol. The molecular formula is C24H30N2O3S. The van der Waals surface area contributed by atoms with Crippen molar-refractivity contribution >= 4 is 22.2 Å². The molecule has 3 aromatic rings. The molecule has 0 radical (unpaired) electrons. The van der Waals surface area contributed by atoms with Gasteiger partial charge in [-0.25, -0.2) is 0 Å². The van der Waals surface area contributed by atoms with Gasteiger partial charge in [0.05, 0.1) is 19.7 Å². The zero-order chi connectivity index (χ0) is 20.9. The summed E-state index contributed by atoms with van der Waals surface area (Å²) in [5.41, 5.74) is 3.05. The fourth-order valence-electron chi connectivity index (χ4n) is 4.44. The molecule has 4 rings (SSSR count). The van der Waals surface area contributed by atoms with Crippen LogP contribution in [0.5, 0.6) is 11.5 Å². The standard InChI is InChI=1S/C24H30N2O3S/c1-28-22-11-19-10-20(14-25-13-18-8-9-30-16-18)24(27)26(21(19)12-23(22)29-2)15-17-6-4-3-5-7-17/h8-12,16-17,25H,3-7,13-15H2,1-2H3. The summed E-state index contributed by atoms with van der Waals surface area (Å²) in [5, 5.41) is 8.64. The van der Waals surface area contributed by atoms with Gasteiger partial charge in [0, 0.05) is 36.7 Å². The summed E-state index contributed by atoms with van der Waals surface area (Å²) in [5.74, 6) is 1.90. The molecule has 1 aliphatic rings. The van der Waals surface area contributed by atoms with Crippen molar-refractivity contribution in [3.63, 3.8) is 0 Å². The first-order valence-electron chi connectivity index (χ1n) is 10.7. The van der Waals surface area contributed by atoms with Crippen LogP contribution in [0.3, 0.4) is 0 Å². The second-order valence-electron chi connectivity index (χ2n) is 8.09. The van der Waals surface area contributed by atoms with Crippen molar-refractivity contribution in [3.05, 3.63) is 56.5 Å². The molecule has 1 N–H and O–H groups in total. The summed E-state index contributed by atoms with van der Waals surface area (Å²) < 4.78 is 13.0. The summed E-state index contributed by atoms with van der Waals surface area (Å²) in [7, 11) is 3.28. The minimum Gasteiger partial charge on any atom is -0.493 e. The summed E-state index contributed by atoms with van der Waals surface area (Å²) in [4.78, 5) is 13.5. The number of pyridine rings is 1. The highest BCUT2D eigenvalue weighted by Gasteiger charge is 2.19. The molecule has 1 saturated carbocycles. The number of methoxy groups -OCH3 is 2. The Morgan fingerprint density at radius 2 is 1.83 bits per heavy atom. The van der Waals surface area contributed by atoms with Crippen LogP contribution >= 0.6 is 11.3 Å². The highest BCUT2D eigenvalue weighted by Crippen LogP contribution is 2.33. The van der Waals surface area contributed by atoms with E-state index in [1.165, 1.54) is 37.7 Å². The van der Waals surface area contributed by atoms with Crippen LogP contribution in [0.4, 0.5) is 0 Å². The smallest absolute Gasteiger partial charge is 0.255 e. The van der Waals surface area contributed by atoms with Gasteiger partial charge >= 0.3 is 0 Å². The monoisotopic (exact) mass is 426 g/mol. The maximum atomic E-state index is 13.5. The third-order valence-electron chi connectivity index (χ3n) is 6.06. The minimum atomic E-state index is 0.0955. The molecule has 0 spiro atoms. The molecule has 1 aromatic carbocycles. The number of aromatic nitrogens is 1. The second kappa shape index (κ2) is 9.67. The van der Waals surface area contributed by atoms with Crippen LogP contribution in [0.15, 0.2) is 39.8 Å². The van der Waals surface area contributed by atoms with Crippen LogP contribution < -0.4 is 20.3 Å². The number of hydrogen-bond donors (Lipinski definition) is 1. The molecule has 1 aliphatic carbocycles. The fourth-order valence-corrected chi connectivity index (χ4v) is 5.10. The van der Waals surface area contributed by atoms with E-state index in [1.807, 2.05) is 22.8 Å². The molecule has 0 unspecified atom stereocenters. The lowest BCUT2D eigenvalue weighted by atomic mass is 9.89. The van der Waals surface area contributed by atoms with Crippen molar-refractivity contribution in [1.29, 1.82) is 0 Å². The van der Waals surface area contributed by atoms with E-state index in [2.05, 4.69) is 22.1 Å². The fraction of sp³-hybridized carbons (Fsp3) is 0.458. The molecule has 2 aromatic heterocycles. The van der Waals surface area contributed by atoms with Crippen LogP contribution in [0.25, 0.3) is 10.9 Å². The quantitative estimate of drug-likeness (QED) is 0.554. The van der Waals surface area contributed by atoms with Gasteiger partial charge in [0.2, 0.25) is 0 Å². The molecule has 2 heterocycles. The van der Waals surface area contributed by atoms with Crippen LogP contribution in [0.2, 0.25) is 0 Å². The average Bonchev–Trinajstić information content (AvgIpc) is 3.30. The highest BCUT2D eigenvalue weighted by atomic mass is 32.1. The Morgan fingerprint density at radius 3 is 2.53 bits per heavy atom. The first-order chi connectivity index (χ1) is 14.7. The minimum absolute atomic E-state index is 0.0955. The Morgan fingerprint density at radius 1 is 1.07 bits per heavy atom. The number of ether oxygens (including phenoxy) is 2. The van der Waals surface area contributed by atoms with Crippen molar-refractivity contribution < 1.29 is 9.47 Å². The van der Waals surface area contributed by atoms with Crippen molar-refractivity contribution in [2.45, 2.75) is 51.7 Å². The molecule has 6 heteroatoms. The molecule has 30 heavy (non-hydrogen) atoms. The zero-order valence-electron chi connectivity index (χ0n) is 17.8. The normalized spacial score (nSPS) is 14.9. The summed E-state index contributed by atoms with van der Waals surface area (Å²) >= 11 is 1.69. The zero-order valence-corrected chi connectivity index (χ0v) is 18.6. The first-order valence-corrected chi connectivity index (χ1v) is 11.6. The SMILES string of the molecule is COc1cc2cc(CNCc3ccsc3)c(=O)n(CC3CCCCC3)c2cc1OC. The number of benzene rings is 1. The molecule has 0 aliphatic heterocycles. The molecule has 0 amide bonds. The molecule has 160 valence electrons. The van der Waals surface area contributed by atoms with E-state index in [1.54, 1.807) is 25.6 Å². The Hall–Kier alpha value is -2.31. The van der Waals surface area contributed by atoms with Gasteiger partial charge in [-0.1, -0.05) is 19.3 Å². The van der Waals surface area contributed by atoms with E-state index < -0.39 is 0 Å². The largest absolute Gasteiger partial charge is 0.493 e. The Balaban J connectivity index is 1.71. The Kier molecular flexibility index (Phi) is 6.75. The van der Waals surface area contributed by atoms with Gasteiger partial charge in [-0.05, 0) is 53.3 Å². The number of nitrogens with one attached hydrogen (secondary N) is 1. The lowest BCUT2D eigenvalue weighted by molar-refractivity contribution is 0.319. The van der Waals surface area contributed by atoms with Gasteiger partial charge in [-0.15, -0.1) is 0 Å². The summed E-state index contributed by atoms with van der Waals surface area (Å²) in [6, 6.07) is 8.03. The third-order valence-corrected chi connectivity index (χ3v) is 6.80. The van der Waals surface area contributed by atoms with Crippen molar-refractivity contribution in [2.24, 2.45) is 5.92 Å². The molecule has 5 nitrogen and oxygen atoms in total. The average molecular weight is 427 g/mol. The van der Waals surface area contributed by atoms with Crippen LogP contribution in [-0.4, -0.2) is 18.8 Å². The van der Waals surface area contributed by atoms with Crippen molar-refractivity contribution in [3.8, 4) is 11.5 Å². The number of fused-ring (bicyclic) bond motifs is 1. The van der Waals surface area contributed by atoms with Crippen LogP contribution in [0, 0.1) is 5.92 Å². The van der Waals surface area contributed by atoms with Gasteiger partial charge in [0.1, 0.15) is 0 Å². The third kappa shape index (κ3) is 4.55. The highest BCUT2D eigenvalue weighted by molar-refractivity contribution is 7.07. The number of rotatable bonds is 8. The van der Waals surface area contributed by atoms with Gasteiger partial charge < -0.3 is 19.4 Å². The maximum Gasteiger partial charge on any atom is 0.255 e. The molecule has 0 bridgehead atoms. The van der Waals surface area contributed by atoms with Gasteiger partial charge in [-0.2, -0.15) is 11.3 Å². The number of nitrogens with zero attached hydrogens (tertiary/aromatic N) is 1. The molecule has 0 atom stereocenters. The van der Waals surface area contributed by atoms with E-state index in [4.69, 9.17) is 9.47 Å². The van der Waals surface area contributed by atoms with Gasteiger partial charge in [0.25, 0.3) is 5.56 Å². The van der Waals surface area contributed by atoms with E-state index in [-0.39, 0.29) is 5.56 Å². The molecule has 0 saturated heterocycles. The van der Waals surface area contributed by atoms with Crippen molar-refractivity contribution in [1.82, 2.24) is 9.88 Å². The van der Waals surface area contributed by atoms with E-state index in [0.717, 1.165) is 29.6 Å². The van der Waals surface area contributed by atoms with Crippen LogP contribution in [0.1, 0.15) is 43.2 Å². The van der Waals surface area contributed by atoms with E-state index >= 15 is 0 Å². The maximum absolute atomic E-state index is 13.5. The van der Waals surface area contributed by atoms with Crippen LogP contribution in [-0.2, 0) is 19.6 Å². The lowest BCUT2D eigenvalue weighted by Crippen LogP contribution is -2.30. The number of hydrogen-bond acceptors (Lipinski definition) is 5. The first kappa shape index (κ1) is 20.9. The van der Waals surface area contributed by atoms with Gasteiger partial charge in [0.15, 0.2) is 11.5 Å². The topological polar surface area (TPSA) is 52.5 Å². The second-order valence-corrected chi connectivity index (χ2v) is 8.87. The summed E-state index contributed by atoms with van der Waals surface area (Å²) in [6.45, 7) is 2.07. The van der Waals surface area contributed by atoms with Crippen molar-refractivity contribution in [2.75, 3.05) is 14.2 Å². The van der Waals surface area contributed by atoms with Gasteiger partial charge in [-0.3, -0.25) is 4.79 Å². The summed E-state index contributed by atoms with van der Waals surface area (Å²) in [6.07, 6.45) is 6.22. The van der Waals surface area contributed by atoms with E-state index in [9.17, 15) is 4.79 Å². The lowest BCUT2D eigenvalue weighted by Gasteiger charge is -2.24.